The van der Waals surface area contributed by atoms with Crippen LogP contribution < -0.4 is 11.5 Å². The van der Waals surface area contributed by atoms with Crippen LogP contribution >= 0.6 is 11.6 Å². The molecule has 5 N–H and O–H groups in total. The number of nitrogen functional groups attached to an aromatic ring is 2. The molecule has 0 aromatic carbocycles. The van der Waals surface area contributed by atoms with E-state index in [0.717, 1.165) is 0 Å². The van der Waals surface area contributed by atoms with E-state index in [-0.39, 0.29) is 35.6 Å². The van der Waals surface area contributed by atoms with E-state index in [1.807, 2.05) is 0 Å². The first-order valence-corrected chi connectivity index (χ1v) is 3.22. The SMILES string of the molecule is Nc1nc(N)c(C(=O)O)nc1Cl.[LiH]. The molecule has 13 heavy (non-hydrogen) atoms. The number of aromatic nitrogens is 2. The zero-order valence-electron chi connectivity index (χ0n) is 5.78. The molecule has 1 aromatic heterocycles. The van der Waals surface area contributed by atoms with E-state index in [0.29, 0.717) is 0 Å². The van der Waals surface area contributed by atoms with E-state index in [2.05, 4.69) is 9.97 Å². The number of rotatable bonds is 1. The van der Waals surface area contributed by atoms with E-state index < -0.39 is 11.7 Å². The summed E-state index contributed by atoms with van der Waals surface area (Å²) in [5, 5.41) is 8.33. The van der Waals surface area contributed by atoms with Crippen LogP contribution in [0, 0.1) is 0 Å². The Morgan fingerprint density at radius 3 is 2.31 bits per heavy atom. The molecule has 0 amide bonds. The quantitative estimate of drug-likeness (QED) is 0.514. The van der Waals surface area contributed by atoms with Crippen molar-refractivity contribution in [3.8, 4) is 0 Å². The first-order chi connectivity index (χ1) is 5.52. The molecule has 0 aliphatic rings. The summed E-state index contributed by atoms with van der Waals surface area (Å²) >= 11 is 5.41. The summed E-state index contributed by atoms with van der Waals surface area (Å²) in [5.41, 5.74) is 10.0. The van der Waals surface area contributed by atoms with Gasteiger partial charge in [0.1, 0.15) is 0 Å². The Balaban J connectivity index is 0.00000144. The molecule has 6 nitrogen and oxygen atoms in total. The molecule has 0 saturated carbocycles. The third-order valence-electron chi connectivity index (χ3n) is 1.11. The monoisotopic (exact) mass is 196 g/mol. The second kappa shape index (κ2) is 4.32. The van der Waals surface area contributed by atoms with Gasteiger partial charge in [-0.25, -0.2) is 14.8 Å². The fourth-order valence-electron chi connectivity index (χ4n) is 0.599. The molecule has 1 aromatic rings. The molecule has 0 aliphatic carbocycles. The summed E-state index contributed by atoms with van der Waals surface area (Å²) in [4.78, 5) is 17.3. The van der Waals surface area contributed by atoms with Crippen LogP contribution in [0.4, 0.5) is 11.6 Å². The number of nitrogens with zero attached hydrogens (tertiary/aromatic N) is 2. The molecular weight excluding hydrogens is 190 g/mol. The van der Waals surface area contributed by atoms with Gasteiger partial charge in [-0.2, -0.15) is 0 Å². The molecule has 1 heterocycles. The van der Waals surface area contributed by atoms with E-state index in [1.165, 1.54) is 0 Å². The number of hydrogen-bond donors (Lipinski definition) is 3. The standard InChI is InChI=1S/C5H5ClN4O2.Li.H/c6-2-4(8)10-3(7)1(9-2)5(11)12;;/h(H,11,12)(H4,7,8,10);;. The summed E-state index contributed by atoms with van der Waals surface area (Å²) in [6.07, 6.45) is 0. The molecule has 0 spiro atoms. The van der Waals surface area contributed by atoms with Gasteiger partial charge in [0, 0.05) is 0 Å². The Morgan fingerprint density at radius 2 is 1.85 bits per heavy atom. The summed E-state index contributed by atoms with van der Waals surface area (Å²) in [7, 11) is 0. The number of carboxylic acid groups (broad SMARTS) is 1. The van der Waals surface area contributed by atoms with Crippen LogP contribution in [0.1, 0.15) is 10.5 Å². The fourth-order valence-corrected chi connectivity index (χ4v) is 0.726. The zero-order chi connectivity index (χ0) is 9.30. The van der Waals surface area contributed by atoms with Crippen LogP contribution in [0.25, 0.3) is 0 Å². The minimum absolute atomic E-state index is 0. The fraction of sp³-hybridized carbons (Fsp3) is 0. The number of hydrogen-bond acceptors (Lipinski definition) is 5. The van der Waals surface area contributed by atoms with Crippen LogP contribution in [0.15, 0.2) is 0 Å². The number of nitrogens with two attached hydrogens (primary N) is 2. The van der Waals surface area contributed by atoms with Gasteiger partial charge in [0.25, 0.3) is 0 Å². The van der Waals surface area contributed by atoms with E-state index in [1.54, 1.807) is 0 Å². The van der Waals surface area contributed by atoms with E-state index in [9.17, 15) is 4.79 Å². The Kier molecular flexibility index (Phi) is 4.00. The molecule has 0 radical (unpaired) electrons. The van der Waals surface area contributed by atoms with Crippen molar-refractivity contribution in [1.29, 1.82) is 0 Å². The van der Waals surface area contributed by atoms with E-state index in [4.69, 9.17) is 28.2 Å². The van der Waals surface area contributed by atoms with Gasteiger partial charge in [-0.05, 0) is 0 Å². The number of halogens is 1. The molecule has 0 aliphatic heterocycles. The average Bonchev–Trinajstić information content (AvgIpc) is 1.96. The minimum atomic E-state index is -1.29. The van der Waals surface area contributed by atoms with Crippen LogP contribution in [-0.2, 0) is 0 Å². The van der Waals surface area contributed by atoms with Crippen molar-refractivity contribution < 1.29 is 9.90 Å². The third-order valence-corrected chi connectivity index (χ3v) is 1.39. The number of anilines is 2. The maximum absolute atomic E-state index is 10.4. The maximum atomic E-state index is 10.4. The van der Waals surface area contributed by atoms with Crippen LogP contribution in [0.2, 0.25) is 5.15 Å². The van der Waals surface area contributed by atoms with Crippen LogP contribution in [0.5, 0.6) is 0 Å². The summed E-state index contributed by atoms with van der Waals surface area (Å²) in [6, 6.07) is 0. The van der Waals surface area contributed by atoms with Crippen molar-refractivity contribution in [3.63, 3.8) is 0 Å². The van der Waals surface area contributed by atoms with Crippen molar-refractivity contribution in [2.24, 2.45) is 0 Å². The van der Waals surface area contributed by atoms with Crippen molar-refractivity contribution in [2.45, 2.75) is 0 Å². The van der Waals surface area contributed by atoms with E-state index >= 15 is 0 Å². The van der Waals surface area contributed by atoms with Gasteiger partial charge >= 0.3 is 24.8 Å². The molecule has 8 heteroatoms. The van der Waals surface area contributed by atoms with Crippen molar-refractivity contribution in [1.82, 2.24) is 9.97 Å². The first-order valence-electron chi connectivity index (χ1n) is 2.84. The van der Waals surface area contributed by atoms with Gasteiger partial charge in [0.2, 0.25) is 0 Å². The van der Waals surface area contributed by atoms with Gasteiger partial charge in [-0.3, -0.25) is 0 Å². The molecule has 66 valence electrons. The van der Waals surface area contributed by atoms with Crippen molar-refractivity contribution in [2.75, 3.05) is 11.5 Å². The van der Waals surface area contributed by atoms with Gasteiger partial charge in [0.05, 0.1) is 0 Å². The molecule has 0 bridgehead atoms. The summed E-state index contributed by atoms with van der Waals surface area (Å²) in [5.74, 6) is -1.62. The van der Waals surface area contributed by atoms with Crippen LogP contribution in [-0.4, -0.2) is 39.9 Å². The molecule has 0 atom stereocenters. The predicted octanol–water partition coefficient (Wildman–Crippen LogP) is -0.656. The predicted molar refractivity (Wildman–Crippen MR) is 50.0 cm³/mol. The Labute approximate surface area is 90.5 Å². The molecule has 0 unspecified atom stereocenters. The van der Waals surface area contributed by atoms with Gasteiger partial charge in [0.15, 0.2) is 22.5 Å². The first kappa shape index (κ1) is 12.0. The zero-order valence-corrected chi connectivity index (χ0v) is 6.54. The topological polar surface area (TPSA) is 115 Å². The van der Waals surface area contributed by atoms with Gasteiger partial charge < -0.3 is 16.6 Å². The molecule has 0 saturated heterocycles. The van der Waals surface area contributed by atoms with Crippen LogP contribution in [0.3, 0.4) is 0 Å². The molecule has 0 fully saturated rings. The van der Waals surface area contributed by atoms with Gasteiger partial charge in [-0.15, -0.1) is 0 Å². The number of carboxylic acids is 1. The normalized spacial score (nSPS) is 9.00. The van der Waals surface area contributed by atoms with Gasteiger partial charge in [-0.1, -0.05) is 11.6 Å². The molecular formula is C5H6ClLiN4O2. The second-order valence-corrected chi connectivity index (χ2v) is 2.30. The molecule has 1 rings (SSSR count). The van der Waals surface area contributed by atoms with Crippen molar-refractivity contribution >= 4 is 48.1 Å². The number of carbonyl (C=O) groups is 1. The third kappa shape index (κ3) is 2.49. The second-order valence-electron chi connectivity index (χ2n) is 1.94. The average molecular weight is 197 g/mol. The van der Waals surface area contributed by atoms with Crippen molar-refractivity contribution in [3.05, 3.63) is 10.8 Å². The Morgan fingerprint density at radius 1 is 1.31 bits per heavy atom. The summed E-state index contributed by atoms with van der Waals surface area (Å²) in [6.45, 7) is 0. The Hall–Kier alpha value is -0.963. The summed E-state index contributed by atoms with van der Waals surface area (Å²) < 4.78 is 0. The Bertz CT molecular complexity index is 346. The number of aromatic carboxylic acids is 1.